The zero-order chi connectivity index (χ0) is 14.2. The van der Waals surface area contributed by atoms with Crippen molar-refractivity contribution in [3.8, 4) is 0 Å². The van der Waals surface area contributed by atoms with E-state index in [0.717, 1.165) is 29.7 Å². The second-order valence-electron chi connectivity index (χ2n) is 4.58. The van der Waals surface area contributed by atoms with Crippen LogP contribution in [0.15, 0.2) is 60.7 Å². The van der Waals surface area contributed by atoms with E-state index in [-0.39, 0.29) is 5.78 Å². The molecule has 2 rings (SSSR count). The Balaban J connectivity index is 2.24. The molecular formula is C18H19NO. The molecule has 0 radical (unpaired) electrons. The van der Waals surface area contributed by atoms with Crippen molar-refractivity contribution in [1.29, 1.82) is 0 Å². The van der Waals surface area contributed by atoms with Crippen molar-refractivity contribution in [1.82, 2.24) is 5.32 Å². The number of nitrogens with one attached hydrogen (secondary N) is 1. The lowest BCUT2D eigenvalue weighted by Crippen LogP contribution is -2.06. The number of carbonyl (C=O) groups excluding carboxylic acids is 1. The van der Waals surface area contributed by atoms with Gasteiger partial charge in [0.05, 0.1) is 0 Å². The van der Waals surface area contributed by atoms with Crippen LogP contribution in [-0.2, 0) is 0 Å². The van der Waals surface area contributed by atoms with Gasteiger partial charge in [-0.05, 0) is 25.6 Å². The topological polar surface area (TPSA) is 29.1 Å². The summed E-state index contributed by atoms with van der Waals surface area (Å²) >= 11 is 0. The lowest BCUT2D eigenvalue weighted by atomic mass is 9.98. The van der Waals surface area contributed by atoms with E-state index in [0.29, 0.717) is 0 Å². The van der Waals surface area contributed by atoms with Gasteiger partial charge in [0.15, 0.2) is 5.78 Å². The molecule has 0 bridgehead atoms. The maximum absolute atomic E-state index is 12.5. The summed E-state index contributed by atoms with van der Waals surface area (Å²) in [6.07, 6.45) is 5.06. The van der Waals surface area contributed by atoms with Gasteiger partial charge in [-0.1, -0.05) is 66.7 Å². The minimum atomic E-state index is 0.0690. The van der Waals surface area contributed by atoms with Gasteiger partial charge in [-0.15, -0.1) is 0 Å². The molecule has 2 nitrogen and oxygen atoms in total. The monoisotopic (exact) mass is 265 g/mol. The number of hydrogen-bond acceptors (Lipinski definition) is 2. The second-order valence-corrected chi connectivity index (χ2v) is 4.58. The van der Waals surface area contributed by atoms with Gasteiger partial charge in [-0.3, -0.25) is 4.79 Å². The van der Waals surface area contributed by atoms with Gasteiger partial charge in [0, 0.05) is 11.1 Å². The summed E-state index contributed by atoms with van der Waals surface area (Å²) < 4.78 is 0. The van der Waals surface area contributed by atoms with E-state index in [4.69, 9.17) is 0 Å². The van der Waals surface area contributed by atoms with Crippen molar-refractivity contribution in [3.63, 3.8) is 0 Å². The number of benzene rings is 2. The van der Waals surface area contributed by atoms with Gasteiger partial charge in [-0.25, -0.2) is 0 Å². The Morgan fingerprint density at radius 2 is 1.75 bits per heavy atom. The molecule has 0 spiro atoms. The molecule has 102 valence electrons. The summed E-state index contributed by atoms with van der Waals surface area (Å²) in [4.78, 5) is 12.5. The zero-order valence-corrected chi connectivity index (χ0v) is 11.7. The highest BCUT2D eigenvalue weighted by atomic mass is 16.1. The number of carbonyl (C=O) groups is 1. The Hall–Kier alpha value is -2.19. The smallest absolute Gasteiger partial charge is 0.193 e. The highest BCUT2D eigenvalue weighted by molar-refractivity contribution is 6.10. The van der Waals surface area contributed by atoms with Crippen molar-refractivity contribution in [2.45, 2.75) is 6.42 Å². The SMILES string of the molecule is CNCCC=Cc1ccccc1C(=O)c1ccccc1. The van der Waals surface area contributed by atoms with Crippen LogP contribution in [0.4, 0.5) is 0 Å². The largest absolute Gasteiger partial charge is 0.319 e. The van der Waals surface area contributed by atoms with E-state index < -0.39 is 0 Å². The van der Waals surface area contributed by atoms with Gasteiger partial charge in [0.2, 0.25) is 0 Å². The van der Waals surface area contributed by atoms with Crippen LogP contribution in [0.1, 0.15) is 27.9 Å². The molecule has 0 atom stereocenters. The summed E-state index contributed by atoms with van der Waals surface area (Å²) in [5, 5.41) is 3.10. The molecule has 2 heteroatoms. The molecular weight excluding hydrogens is 246 g/mol. The highest BCUT2D eigenvalue weighted by Gasteiger charge is 2.10. The molecule has 0 heterocycles. The third-order valence-corrected chi connectivity index (χ3v) is 3.10. The van der Waals surface area contributed by atoms with Crippen molar-refractivity contribution < 1.29 is 4.79 Å². The highest BCUT2D eigenvalue weighted by Crippen LogP contribution is 2.16. The molecule has 0 aliphatic carbocycles. The van der Waals surface area contributed by atoms with Gasteiger partial charge >= 0.3 is 0 Å². The van der Waals surface area contributed by atoms with Crippen LogP contribution < -0.4 is 5.32 Å². The number of hydrogen-bond donors (Lipinski definition) is 1. The first-order valence-corrected chi connectivity index (χ1v) is 6.83. The predicted molar refractivity (Wildman–Crippen MR) is 83.9 cm³/mol. The van der Waals surface area contributed by atoms with E-state index in [9.17, 15) is 4.79 Å². The van der Waals surface area contributed by atoms with Crippen molar-refractivity contribution in [2.24, 2.45) is 0 Å². The molecule has 0 aliphatic rings. The van der Waals surface area contributed by atoms with Crippen LogP contribution in [0.3, 0.4) is 0 Å². The third-order valence-electron chi connectivity index (χ3n) is 3.10. The molecule has 20 heavy (non-hydrogen) atoms. The van der Waals surface area contributed by atoms with Gasteiger partial charge in [-0.2, -0.15) is 0 Å². The average Bonchev–Trinajstić information content (AvgIpc) is 2.52. The van der Waals surface area contributed by atoms with Crippen LogP contribution in [0.2, 0.25) is 0 Å². The minimum absolute atomic E-state index is 0.0690. The summed E-state index contributed by atoms with van der Waals surface area (Å²) in [5.41, 5.74) is 2.44. The van der Waals surface area contributed by atoms with Crippen LogP contribution in [0.25, 0.3) is 6.08 Å². The fourth-order valence-electron chi connectivity index (χ4n) is 2.03. The fourth-order valence-corrected chi connectivity index (χ4v) is 2.03. The first-order chi connectivity index (χ1) is 9.83. The minimum Gasteiger partial charge on any atom is -0.319 e. The fraction of sp³-hybridized carbons (Fsp3) is 0.167. The first kappa shape index (κ1) is 14.2. The van der Waals surface area contributed by atoms with E-state index >= 15 is 0 Å². The third kappa shape index (κ3) is 3.65. The second kappa shape index (κ2) is 7.41. The van der Waals surface area contributed by atoms with Gasteiger partial charge in [0.1, 0.15) is 0 Å². The van der Waals surface area contributed by atoms with Crippen LogP contribution in [-0.4, -0.2) is 19.4 Å². The normalized spacial score (nSPS) is 10.8. The standard InChI is InChI=1S/C18H19NO/c1-19-14-8-7-10-15-9-5-6-13-17(15)18(20)16-11-3-2-4-12-16/h2-7,9-13,19H,8,14H2,1H3. The van der Waals surface area contributed by atoms with Gasteiger partial charge in [0.25, 0.3) is 0 Å². The molecule has 0 saturated carbocycles. The summed E-state index contributed by atoms with van der Waals surface area (Å²) in [5.74, 6) is 0.0690. The lowest BCUT2D eigenvalue weighted by Gasteiger charge is -2.05. The number of ketones is 1. The van der Waals surface area contributed by atoms with Crippen LogP contribution in [0, 0.1) is 0 Å². The Bertz CT molecular complexity index is 587. The summed E-state index contributed by atoms with van der Waals surface area (Å²) in [6, 6.07) is 17.1. The zero-order valence-electron chi connectivity index (χ0n) is 11.7. The molecule has 0 amide bonds. The summed E-state index contributed by atoms with van der Waals surface area (Å²) in [6.45, 7) is 0.936. The Kier molecular flexibility index (Phi) is 5.27. The first-order valence-electron chi connectivity index (χ1n) is 6.83. The summed E-state index contributed by atoms with van der Waals surface area (Å²) in [7, 11) is 1.93. The van der Waals surface area contributed by atoms with Crippen LogP contribution in [0.5, 0.6) is 0 Å². The Labute approximate surface area is 120 Å². The van der Waals surface area contributed by atoms with Crippen LogP contribution >= 0.6 is 0 Å². The molecule has 0 fully saturated rings. The molecule has 0 unspecified atom stereocenters. The molecule has 2 aromatic carbocycles. The van der Waals surface area contributed by atoms with E-state index in [1.54, 1.807) is 0 Å². The quantitative estimate of drug-likeness (QED) is 0.639. The number of rotatable bonds is 6. The molecule has 0 aliphatic heterocycles. The predicted octanol–water partition coefficient (Wildman–Crippen LogP) is 3.54. The molecule has 2 aromatic rings. The maximum Gasteiger partial charge on any atom is 0.193 e. The van der Waals surface area contributed by atoms with E-state index in [1.165, 1.54) is 0 Å². The van der Waals surface area contributed by atoms with Crippen molar-refractivity contribution in [3.05, 3.63) is 77.4 Å². The molecule has 1 N–H and O–H groups in total. The lowest BCUT2D eigenvalue weighted by molar-refractivity contribution is 0.103. The molecule has 0 aromatic heterocycles. The van der Waals surface area contributed by atoms with E-state index in [2.05, 4.69) is 11.4 Å². The molecule has 0 saturated heterocycles. The van der Waals surface area contributed by atoms with E-state index in [1.807, 2.05) is 67.7 Å². The average molecular weight is 265 g/mol. The van der Waals surface area contributed by atoms with Gasteiger partial charge < -0.3 is 5.32 Å². The van der Waals surface area contributed by atoms with Crippen molar-refractivity contribution >= 4 is 11.9 Å². The Morgan fingerprint density at radius 1 is 1.05 bits per heavy atom. The maximum atomic E-state index is 12.5. The Morgan fingerprint density at radius 3 is 2.50 bits per heavy atom. The van der Waals surface area contributed by atoms with Crippen molar-refractivity contribution in [2.75, 3.05) is 13.6 Å².